The van der Waals surface area contributed by atoms with Crippen LogP contribution in [0.15, 0.2) is 54.7 Å². The molecule has 16 heteroatoms. The molecule has 1 saturated heterocycles. The first kappa shape index (κ1) is 38.0. The van der Waals surface area contributed by atoms with E-state index in [1.54, 1.807) is 12.1 Å². The van der Waals surface area contributed by atoms with Gasteiger partial charge in [0.1, 0.15) is 48.5 Å². The number of allylic oxidation sites excluding steroid dienone is 1. The largest absolute Gasteiger partial charge is 0.394 e. The Balaban J connectivity index is 1.64. The molecule has 8 atom stereocenters. The third kappa shape index (κ3) is 8.84. The Morgan fingerprint density at radius 2 is 1.74 bits per heavy atom. The lowest BCUT2D eigenvalue weighted by molar-refractivity contribution is -0.323. The number of ether oxygens (including phenoxy) is 2. The highest BCUT2D eigenvalue weighted by Crippen LogP contribution is 2.29. The number of benzene rings is 2. The van der Waals surface area contributed by atoms with E-state index < -0.39 is 74.6 Å². The summed E-state index contributed by atoms with van der Waals surface area (Å²) >= 11 is 0. The van der Waals surface area contributed by atoms with Crippen molar-refractivity contribution in [3.05, 3.63) is 77.0 Å². The van der Waals surface area contributed by atoms with E-state index in [4.69, 9.17) is 14.7 Å². The number of carbonyl (C=O) groups excluding carboxylic acids is 1. The van der Waals surface area contributed by atoms with Crippen molar-refractivity contribution in [2.75, 3.05) is 30.0 Å². The third-order valence-electron chi connectivity index (χ3n) is 8.01. The molecule has 2 aromatic carbocycles. The van der Waals surface area contributed by atoms with Gasteiger partial charge in [-0.15, -0.1) is 0 Å². The highest BCUT2D eigenvalue weighted by Gasteiger charge is 2.47. The van der Waals surface area contributed by atoms with Crippen molar-refractivity contribution in [3.63, 3.8) is 0 Å². The maximum Gasteiger partial charge on any atom is 0.232 e. The topological polar surface area (TPSA) is 266 Å². The molecule has 264 valence electrons. The van der Waals surface area contributed by atoms with Crippen LogP contribution in [0, 0.1) is 36.5 Å². The van der Waals surface area contributed by atoms with Gasteiger partial charge in [-0.25, -0.2) is 4.98 Å². The van der Waals surface area contributed by atoms with Crippen molar-refractivity contribution in [3.8, 4) is 12.1 Å². The standard InChI is InChI=1S/C34H38N6O10/c1-18-12-21(4-3-10-35)13-19(2)27(18)38-26-9-11-37-34(39-26)40(22-7-5-20(14-36)6-8-22)15-23(43)28(45)32(24(44)16-41)50-33-31(48)30(47)29(46)25(17-42)49-33/h3-9,11-13,24-25,28-33,41-42,44-48H,15-17H2,1-2H3,(H,37,38,39)/b4-3+. The Kier molecular flexibility index (Phi) is 13.1. The first-order valence-electron chi connectivity index (χ1n) is 15.4. The number of Topliss-reactive ketones (excluding diaryl/α,β-unsaturated/α-hetero) is 1. The van der Waals surface area contributed by atoms with Gasteiger partial charge in [0.25, 0.3) is 0 Å². The van der Waals surface area contributed by atoms with Crippen LogP contribution in [-0.4, -0.2) is 120 Å². The van der Waals surface area contributed by atoms with Gasteiger partial charge >= 0.3 is 0 Å². The number of aliphatic hydroxyl groups excluding tert-OH is 7. The van der Waals surface area contributed by atoms with Crippen LogP contribution in [0.3, 0.4) is 0 Å². The van der Waals surface area contributed by atoms with Gasteiger partial charge in [-0.05, 0) is 79.1 Å². The molecule has 1 aliphatic rings. The average Bonchev–Trinajstić information content (AvgIpc) is 3.12. The fourth-order valence-corrected chi connectivity index (χ4v) is 5.34. The number of anilines is 4. The molecule has 0 radical (unpaired) electrons. The summed E-state index contributed by atoms with van der Waals surface area (Å²) in [5, 5.41) is 93.0. The molecule has 16 nitrogen and oxygen atoms in total. The smallest absolute Gasteiger partial charge is 0.232 e. The van der Waals surface area contributed by atoms with Gasteiger partial charge < -0.3 is 55.4 Å². The summed E-state index contributed by atoms with van der Waals surface area (Å²) in [6.45, 7) is 1.37. The molecule has 0 bridgehead atoms. The first-order valence-corrected chi connectivity index (χ1v) is 15.4. The molecule has 3 aromatic rings. The lowest BCUT2D eigenvalue weighted by atomic mass is 9.98. The van der Waals surface area contributed by atoms with Gasteiger partial charge in [-0.2, -0.15) is 15.5 Å². The molecule has 50 heavy (non-hydrogen) atoms. The van der Waals surface area contributed by atoms with Crippen molar-refractivity contribution in [2.45, 2.75) is 62.9 Å². The minimum absolute atomic E-state index is 0.00162. The van der Waals surface area contributed by atoms with Crippen molar-refractivity contribution in [1.82, 2.24) is 9.97 Å². The van der Waals surface area contributed by atoms with E-state index in [1.165, 1.54) is 41.4 Å². The van der Waals surface area contributed by atoms with Crippen LogP contribution in [0.4, 0.5) is 23.1 Å². The second-order valence-corrected chi connectivity index (χ2v) is 11.6. The second kappa shape index (κ2) is 17.2. The molecule has 1 aromatic heterocycles. The average molecular weight is 691 g/mol. The summed E-state index contributed by atoms with van der Waals surface area (Å²) in [6, 6.07) is 15.4. The van der Waals surface area contributed by atoms with Crippen LogP contribution in [0.25, 0.3) is 6.08 Å². The fourth-order valence-electron chi connectivity index (χ4n) is 5.34. The Labute approximate surface area is 287 Å². The zero-order valence-corrected chi connectivity index (χ0v) is 27.1. The minimum Gasteiger partial charge on any atom is -0.394 e. The van der Waals surface area contributed by atoms with Crippen LogP contribution in [0.1, 0.15) is 22.3 Å². The van der Waals surface area contributed by atoms with Crippen molar-refractivity contribution in [1.29, 1.82) is 10.5 Å². The van der Waals surface area contributed by atoms with Crippen molar-refractivity contribution in [2.24, 2.45) is 0 Å². The summed E-state index contributed by atoms with van der Waals surface area (Å²) in [6.07, 6.45) is -10.1. The number of aryl methyl sites for hydroxylation is 2. The number of carbonyl (C=O) groups is 1. The van der Waals surface area contributed by atoms with E-state index >= 15 is 0 Å². The summed E-state index contributed by atoms with van der Waals surface area (Å²) in [4.78, 5) is 23.9. The number of hydrogen-bond acceptors (Lipinski definition) is 16. The van der Waals surface area contributed by atoms with Gasteiger partial charge in [-0.3, -0.25) is 4.79 Å². The molecular formula is C34H38N6O10. The molecule has 8 N–H and O–H groups in total. The minimum atomic E-state index is -2.16. The lowest BCUT2D eigenvalue weighted by Gasteiger charge is -2.41. The number of nitrogens with zero attached hydrogens (tertiary/aromatic N) is 5. The van der Waals surface area contributed by atoms with E-state index in [0.29, 0.717) is 17.1 Å². The molecule has 4 rings (SSSR count). The zero-order valence-electron chi connectivity index (χ0n) is 27.1. The maximum absolute atomic E-state index is 13.7. The van der Waals surface area contributed by atoms with Gasteiger partial charge in [0.2, 0.25) is 5.95 Å². The number of rotatable bonds is 14. The molecule has 0 saturated carbocycles. The highest BCUT2D eigenvalue weighted by molar-refractivity contribution is 5.89. The molecular weight excluding hydrogens is 652 g/mol. The molecule has 0 amide bonds. The summed E-state index contributed by atoms with van der Waals surface area (Å²) in [7, 11) is 0. The Bertz CT molecular complexity index is 1720. The molecule has 0 aliphatic carbocycles. The van der Waals surface area contributed by atoms with Gasteiger partial charge in [0.15, 0.2) is 12.1 Å². The van der Waals surface area contributed by atoms with Gasteiger partial charge in [-0.1, -0.05) is 0 Å². The molecule has 0 spiro atoms. The summed E-state index contributed by atoms with van der Waals surface area (Å²) in [5.41, 5.74) is 3.97. The Morgan fingerprint density at radius 1 is 1.06 bits per heavy atom. The first-order chi connectivity index (χ1) is 23.9. The third-order valence-corrected chi connectivity index (χ3v) is 8.01. The molecule has 1 fully saturated rings. The van der Waals surface area contributed by atoms with E-state index in [0.717, 1.165) is 22.4 Å². The zero-order chi connectivity index (χ0) is 36.5. The van der Waals surface area contributed by atoms with Crippen LogP contribution >= 0.6 is 0 Å². The van der Waals surface area contributed by atoms with Crippen molar-refractivity contribution >= 4 is 35.0 Å². The van der Waals surface area contributed by atoms with E-state index in [-0.39, 0.29) is 5.95 Å². The number of nitriles is 2. The molecule has 2 heterocycles. The van der Waals surface area contributed by atoms with E-state index in [1.807, 2.05) is 38.1 Å². The highest BCUT2D eigenvalue weighted by atomic mass is 16.7. The predicted molar refractivity (Wildman–Crippen MR) is 177 cm³/mol. The van der Waals surface area contributed by atoms with Crippen molar-refractivity contribution < 1.29 is 50.0 Å². The Hall–Kier alpha value is -4.85. The van der Waals surface area contributed by atoms with E-state index in [9.17, 15) is 45.8 Å². The van der Waals surface area contributed by atoms with Crippen LogP contribution in [-0.2, 0) is 14.3 Å². The normalized spacial score (nSPS) is 22.3. The Morgan fingerprint density at radius 3 is 2.34 bits per heavy atom. The molecule has 8 unspecified atom stereocenters. The van der Waals surface area contributed by atoms with Crippen LogP contribution in [0.5, 0.6) is 0 Å². The SMILES string of the molecule is Cc1cc(/C=C/C#N)cc(C)c1Nc1ccnc(N(CC(=O)C(O)C(OC2OC(CO)C(O)C(O)C2O)C(O)CO)c2ccc(C#N)cc2)n1. The molecule has 1 aliphatic heterocycles. The van der Waals surface area contributed by atoms with Gasteiger partial charge in [0.05, 0.1) is 37.5 Å². The summed E-state index contributed by atoms with van der Waals surface area (Å²) in [5.74, 6) is -0.628. The number of aliphatic hydroxyl groups is 7. The summed E-state index contributed by atoms with van der Waals surface area (Å²) < 4.78 is 10.8. The number of nitrogens with one attached hydrogen (secondary N) is 1. The van der Waals surface area contributed by atoms with Crippen LogP contribution in [0.2, 0.25) is 0 Å². The quantitative estimate of drug-likeness (QED) is 0.102. The lowest BCUT2D eigenvalue weighted by Crippen LogP contribution is -2.61. The van der Waals surface area contributed by atoms with Gasteiger partial charge in [0, 0.05) is 23.6 Å². The number of aromatic nitrogens is 2. The second-order valence-electron chi connectivity index (χ2n) is 11.6. The van der Waals surface area contributed by atoms with Crippen LogP contribution < -0.4 is 10.2 Å². The maximum atomic E-state index is 13.7. The fraction of sp³-hybridized carbons (Fsp3) is 0.382. The monoisotopic (exact) mass is 690 g/mol. The number of hydrogen-bond donors (Lipinski definition) is 8. The van der Waals surface area contributed by atoms with E-state index in [2.05, 4.69) is 15.3 Å². The number of ketones is 1. The predicted octanol–water partition coefficient (Wildman–Crippen LogP) is -0.148.